The van der Waals surface area contributed by atoms with Crippen molar-refractivity contribution in [1.29, 1.82) is 0 Å². The summed E-state index contributed by atoms with van der Waals surface area (Å²) in [6, 6.07) is 18.2. The molecule has 0 bridgehead atoms. The van der Waals surface area contributed by atoms with Crippen LogP contribution >= 0.6 is 11.6 Å². The van der Waals surface area contributed by atoms with Gasteiger partial charge in [-0.3, -0.25) is 19.2 Å². The lowest BCUT2D eigenvalue weighted by Crippen LogP contribution is -2.53. The molecule has 0 spiro atoms. The second kappa shape index (κ2) is 13.6. The number of halogens is 1. The van der Waals surface area contributed by atoms with E-state index in [2.05, 4.69) is 10.6 Å². The van der Waals surface area contributed by atoms with Crippen LogP contribution in [0.5, 0.6) is 0 Å². The first kappa shape index (κ1) is 30.5. The van der Waals surface area contributed by atoms with E-state index in [0.29, 0.717) is 29.8 Å². The van der Waals surface area contributed by atoms with E-state index in [-0.39, 0.29) is 43.3 Å². The van der Waals surface area contributed by atoms with E-state index < -0.39 is 23.9 Å². The Bertz CT molecular complexity index is 1500. The van der Waals surface area contributed by atoms with Crippen molar-refractivity contribution in [1.82, 2.24) is 20.4 Å². The van der Waals surface area contributed by atoms with Crippen molar-refractivity contribution in [3.8, 4) is 0 Å². The van der Waals surface area contributed by atoms with Crippen LogP contribution in [0, 0.1) is 5.92 Å². The molecule has 3 atom stereocenters. The standard InChI is InChI=1S/C33H38ClN5O4/c1-21-14-17-38(28(31(35)41)19-24-8-4-7-22-6-2-3-11-27(22)24)33(43)30(25-9-5-10-26(34)18-25)39(21)29(40)20-37-32(42)23-12-15-36-16-13-23/h2-11,18,21,23,28,30,36H,12-17,19-20H2,1H3,(H2,35,41)(H,37,42)/t21-,28-,30+/m1/s1. The predicted molar refractivity (Wildman–Crippen MR) is 166 cm³/mol. The smallest absolute Gasteiger partial charge is 0.250 e. The van der Waals surface area contributed by atoms with Crippen molar-refractivity contribution >= 4 is 46.0 Å². The highest BCUT2D eigenvalue weighted by atomic mass is 35.5. The number of carbonyl (C=O) groups is 4. The van der Waals surface area contributed by atoms with Crippen LogP contribution in [0.4, 0.5) is 0 Å². The van der Waals surface area contributed by atoms with Crippen LogP contribution in [-0.4, -0.2) is 71.7 Å². The van der Waals surface area contributed by atoms with E-state index in [1.807, 2.05) is 49.4 Å². The predicted octanol–water partition coefficient (Wildman–Crippen LogP) is 3.20. The Kier molecular flexibility index (Phi) is 9.62. The molecule has 0 saturated carbocycles. The third kappa shape index (κ3) is 6.84. The first-order valence-corrected chi connectivity index (χ1v) is 15.2. The number of nitrogens with one attached hydrogen (secondary N) is 2. The lowest BCUT2D eigenvalue weighted by Gasteiger charge is -2.36. The fourth-order valence-corrected chi connectivity index (χ4v) is 6.51. The van der Waals surface area contributed by atoms with Crippen molar-refractivity contribution in [2.45, 2.75) is 50.7 Å². The normalized spacial score (nSPS) is 20.5. The van der Waals surface area contributed by atoms with Gasteiger partial charge in [-0.1, -0.05) is 66.2 Å². The number of amides is 4. The summed E-state index contributed by atoms with van der Waals surface area (Å²) in [4.78, 5) is 57.2. The van der Waals surface area contributed by atoms with E-state index >= 15 is 0 Å². The number of nitrogens with two attached hydrogens (primary N) is 1. The quantitative estimate of drug-likeness (QED) is 0.365. The first-order chi connectivity index (χ1) is 20.7. The third-order valence-corrected chi connectivity index (χ3v) is 8.87. The van der Waals surface area contributed by atoms with Gasteiger partial charge >= 0.3 is 0 Å². The van der Waals surface area contributed by atoms with E-state index in [4.69, 9.17) is 17.3 Å². The zero-order chi connectivity index (χ0) is 30.5. The SMILES string of the molecule is C[C@@H]1CCN([C@H](Cc2cccc3ccccc23)C(N)=O)C(=O)[C@H](c2cccc(Cl)c2)N1C(=O)CNC(=O)C1CCNCC1. The molecule has 0 aromatic heterocycles. The second-order valence-corrected chi connectivity index (χ2v) is 11.9. The number of nitrogens with zero attached hydrogens (tertiary/aromatic N) is 2. The lowest BCUT2D eigenvalue weighted by molar-refractivity contribution is -0.148. The van der Waals surface area contributed by atoms with Gasteiger partial charge in [0.05, 0.1) is 6.54 Å². The minimum absolute atomic E-state index is 0.151. The van der Waals surface area contributed by atoms with Gasteiger partial charge in [0.15, 0.2) is 0 Å². The molecule has 0 unspecified atom stereocenters. The van der Waals surface area contributed by atoms with Crippen LogP contribution in [0.25, 0.3) is 10.8 Å². The van der Waals surface area contributed by atoms with Crippen LogP contribution < -0.4 is 16.4 Å². The molecule has 2 aliphatic rings. The van der Waals surface area contributed by atoms with Gasteiger partial charge in [-0.25, -0.2) is 0 Å². The summed E-state index contributed by atoms with van der Waals surface area (Å²) in [5, 5.41) is 8.48. The van der Waals surface area contributed by atoms with Gasteiger partial charge in [0.25, 0.3) is 5.91 Å². The topological polar surface area (TPSA) is 125 Å². The number of benzene rings is 3. The number of piperidine rings is 1. The zero-order valence-electron chi connectivity index (χ0n) is 24.3. The van der Waals surface area contributed by atoms with Gasteiger partial charge in [0.1, 0.15) is 12.1 Å². The van der Waals surface area contributed by atoms with Crippen LogP contribution in [0.1, 0.15) is 43.4 Å². The molecule has 10 heteroatoms. The van der Waals surface area contributed by atoms with Crippen molar-refractivity contribution < 1.29 is 19.2 Å². The monoisotopic (exact) mass is 603 g/mol. The number of carbonyl (C=O) groups excluding carboxylic acids is 4. The van der Waals surface area contributed by atoms with Crippen LogP contribution in [0.2, 0.25) is 5.02 Å². The number of hydrogen-bond donors (Lipinski definition) is 3. The molecule has 2 aliphatic heterocycles. The first-order valence-electron chi connectivity index (χ1n) is 14.9. The van der Waals surface area contributed by atoms with Crippen LogP contribution in [0.15, 0.2) is 66.7 Å². The van der Waals surface area contributed by atoms with Crippen LogP contribution in [-0.2, 0) is 25.6 Å². The summed E-state index contributed by atoms with van der Waals surface area (Å²) in [5.74, 6) is -1.71. The van der Waals surface area contributed by atoms with Gasteiger partial charge in [-0.05, 0) is 73.3 Å². The van der Waals surface area contributed by atoms with E-state index in [1.165, 1.54) is 9.80 Å². The van der Waals surface area contributed by atoms with E-state index in [1.54, 1.807) is 24.3 Å². The Balaban J connectivity index is 1.45. The Morgan fingerprint density at radius 3 is 2.49 bits per heavy atom. The molecule has 3 aromatic rings. The summed E-state index contributed by atoms with van der Waals surface area (Å²) in [7, 11) is 0. The van der Waals surface area contributed by atoms with E-state index in [9.17, 15) is 19.2 Å². The van der Waals surface area contributed by atoms with Gasteiger partial charge in [-0.15, -0.1) is 0 Å². The average molecular weight is 604 g/mol. The highest BCUT2D eigenvalue weighted by molar-refractivity contribution is 6.30. The molecule has 0 aliphatic carbocycles. The summed E-state index contributed by atoms with van der Waals surface area (Å²) in [6.45, 7) is 3.41. The van der Waals surface area contributed by atoms with Crippen molar-refractivity contribution in [2.75, 3.05) is 26.2 Å². The maximum atomic E-state index is 14.5. The molecular formula is C33H38ClN5O4. The highest BCUT2D eigenvalue weighted by Crippen LogP contribution is 2.33. The number of rotatable bonds is 8. The lowest BCUT2D eigenvalue weighted by atomic mass is 9.96. The average Bonchev–Trinajstić information content (AvgIpc) is 3.14. The third-order valence-electron chi connectivity index (χ3n) is 8.63. The number of fused-ring (bicyclic) bond motifs is 1. The van der Waals surface area contributed by atoms with Gasteiger partial charge in [0, 0.05) is 29.9 Å². The number of primary amides is 1. The maximum Gasteiger partial charge on any atom is 0.250 e. The van der Waals surface area contributed by atoms with Crippen molar-refractivity contribution in [3.63, 3.8) is 0 Å². The largest absolute Gasteiger partial charge is 0.368 e. The van der Waals surface area contributed by atoms with Crippen LogP contribution in [0.3, 0.4) is 0 Å². The molecule has 2 fully saturated rings. The molecule has 2 saturated heterocycles. The summed E-state index contributed by atoms with van der Waals surface area (Å²) < 4.78 is 0. The highest BCUT2D eigenvalue weighted by Gasteiger charge is 2.43. The van der Waals surface area contributed by atoms with Gasteiger partial charge < -0.3 is 26.2 Å². The molecule has 226 valence electrons. The maximum absolute atomic E-state index is 14.5. The molecule has 4 N–H and O–H groups in total. The molecule has 2 heterocycles. The minimum Gasteiger partial charge on any atom is -0.368 e. The Labute approximate surface area is 256 Å². The molecule has 3 aromatic carbocycles. The summed E-state index contributed by atoms with van der Waals surface area (Å²) >= 11 is 6.35. The van der Waals surface area contributed by atoms with Crippen molar-refractivity contribution in [2.24, 2.45) is 11.7 Å². The zero-order valence-corrected chi connectivity index (χ0v) is 25.1. The fraction of sp³-hybridized carbons (Fsp3) is 0.394. The molecule has 9 nitrogen and oxygen atoms in total. The number of hydrogen-bond acceptors (Lipinski definition) is 5. The Morgan fingerprint density at radius 2 is 1.74 bits per heavy atom. The molecule has 5 rings (SSSR count). The Morgan fingerprint density at radius 1 is 1.02 bits per heavy atom. The molecule has 4 amide bonds. The fourth-order valence-electron chi connectivity index (χ4n) is 6.31. The summed E-state index contributed by atoms with van der Waals surface area (Å²) in [6.07, 6.45) is 2.09. The Hall–Kier alpha value is -3.95. The van der Waals surface area contributed by atoms with Gasteiger partial charge in [-0.2, -0.15) is 0 Å². The van der Waals surface area contributed by atoms with Gasteiger partial charge in [0.2, 0.25) is 17.7 Å². The molecule has 43 heavy (non-hydrogen) atoms. The minimum atomic E-state index is -1.05. The van der Waals surface area contributed by atoms with E-state index in [0.717, 1.165) is 29.4 Å². The molecule has 0 radical (unpaired) electrons. The van der Waals surface area contributed by atoms with Crippen molar-refractivity contribution in [3.05, 3.63) is 82.9 Å². The summed E-state index contributed by atoms with van der Waals surface area (Å²) in [5.41, 5.74) is 7.41. The molecular weight excluding hydrogens is 566 g/mol. The second-order valence-electron chi connectivity index (χ2n) is 11.4.